The van der Waals surface area contributed by atoms with Gasteiger partial charge in [0.2, 0.25) is 0 Å². The van der Waals surface area contributed by atoms with E-state index < -0.39 is 6.10 Å². The summed E-state index contributed by atoms with van der Waals surface area (Å²) >= 11 is 0. The van der Waals surface area contributed by atoms with Crippen molar-refractivity contribution in [3.05, 3.63) is 48.7 Å². The van der Waals surface area contributed by atoms with Crippen molar-refractivity contribution in [3.63, 3.8) is 0 Å². The van der Waals surface area contributed by atoms with Gasteiger partial charge in [0.15, 0.2) is 0 Å². The molecule has 2 aromatic rings. The van der Waals surface area contributed by atoms with Gasteiger partial charge in [0.1, 0.15) is 5.75 Å². The van der Waals surface area contributed by atoms with E-state index in [1.165, 1.54) is 6.42 Å². The number of methoxy groups -OCH3 is 1. The third kappa shape index (κ3) is 2.50. The van der Waals surface area contributed by atoms with Crippen LogP contribution in [0.15, 0.2) is 43.1 Å². The van der Waals surface area contributed by atoms with E-state index in [1.54, 1.807) is 13.3 Å². The summed E-state index contributed by atoms with van der Waals surface area (Å²) in [6.07, 6.45) is 5.62. The number of ether oxygens (including phenoxy) is 1. The van der Waals surface area contributed by atoms with Gasteiger partial charge in [-0.1, -0.05) is 6.08 Å². The van der Waals surface area contributed by atoms with Crippen LogP contribution in [-0.2, 0) is 0 Å². The lowest BCUT2D eigenvalue weighted by Crippen LogP contribution is -2.54. The Bertz CT molecular complexity index is 766. The second kappa shape index (κ2) is 6.19. The molecule has 1 aromatic carbocycles. The quantitative estimate of drug-likeness (QED) is 0.875. The largest absolute Gasteiger partial charge is 0.497 e. The second-order valence-electron chi connectivity index (χ2n) is 6.97. The van der Waals surface area contributed by atoms with Gasteiger partial charge in [-0.2, -0.15) is 0 Å². The van der Waals surface area contributed by atoms with Crippen molar-refractivity contribution in [1.82, 2.24) is 9.88 Å². The Kier molecular flexibility index (Phi) is 4.02. The predicted molar refractivity (Wildman–Crippen MR) is 97.1 cm³/mol. The lowest BCUT2D eigenvalue weighted by molar-refractivity contribution is -0.0444. The van der Waals surface area contributed by atoms with Gasteiger partial charge in [-0.3, -0.25) is 9.88 Å². The molecule has 4 heterocycles. The van der Waals surface area contributed by atoms with Crippen LogP contribution in [0.5, 0.6) is 5.75 Å². The van der Waals surface area contributed by atoms with Crippen LogP contribution in [0.3, 0.4) is 0 Å². The lowest BCUT2D eigenvalue weighted by atomic mass is 9.73. The number of hydrogen-bond acceptors (Lipinski definition) is 4. The van der Waals surface area contributed by atoms with Gasteiger partial charge >= 0.3 is 0 Å². The van der Waals surface area contributed by atoms with Crippen LogP contribution in [0.1, 0.15) is 25.9 Å². The zero-order chi connectivity index (χ0) is 16.7. The molecule has 2 bridgehead atoms. The van der Waals surface area contributed by atoms with Gasteiger partial charge < -0.3 is 9.84 Å². The van der Waals surface area contributed by atoms with Gasteiger partial charge in [0.25, 0.3) is 0 Å². The van der Waals surface area contributed by atoms with Crippen LogP contribution in [0.25, 0.3) is 10.9 Å². The third-order valence-corrected chi connectivity index (χ3v) is 5.82. The molecule has 24 heavy (non-hydrogen) atoms. The summed E-state index contributed by atoms with van der Waals surface area (Å²) in [4.78, 5) is 6.86. The molecule has 0 amide bonds. The highest BCUT2D eigenvalue weighted by molar-refractivity contribution is 5.83. The Labute approximate surface area is 144 Å². The van der Waals surface area contributed by atoms with Crippen LogP contribution in [0.2, 0.25) is 0 Å². The molecule has 4 heteroatoms. The lowest BCUT2D eigenvalue weighted by Gasteiger charge is -2.50. The van der Waals surface area contributed by atoms with Crippen molar-refractivity contribution in [1.29, 1.82) is 0 Å². The maximum Gasteiger partial charge on any atom is 0.119 e. The van der Waals surface area contributed by atoms with Crippen molar-refractivity contribution in [2.24, 2.45) is 11.8 Å². The average molecular weight is 326 g/mol. The smallest absolute Gasteiger partial charge is 0.119 e. The first-order valence-electron chi connectivity index (χ1n) is 8.68. The summed E-state index contributed by atoms with van der Waals surface area (Å²) in [6.45, 7) is 6.07. The first kappa shape index (κ1) is 15.6. The number of nitrogens with zero attached hydrogens (tertiary/aromatic N) is 2. The monoisotopic (exact) mass is 326 g/mol. The molecule has 128 valence electrons. The molecule has 5 atom stereocenters. The molecule has 0 aliphatic carbocycles. The fourth-order valence-electron chi connectivity index (χ4n) is 4.44. The van der Waals surface area contributed by atoms with Gasteiger partial charge in [0, 0.05) is 25.6 Å². The topological polar surface area (TPSA) is 45.6 Å². The van der Waals surface area contributed by atoms with Crippen LogP contribution < -0.4 is 4.74 Å². The first-order valence-corrected chi connectivity index (χ1v) is 8.68. The highest BCUT2D eigenvalue weighted by atomic mass is 16.5. The molecule has 0 spiro atoms. The first-order chi connectivity index (χ1) is 11.7. The van der Waals surface area contributed by atoms with E-state index in [-0.39, 0.29) is 7.47 Å². The number of piperidine rings is 3. The molecule has 3 saturated heterocycles. The minimum Gasteiger partial charge on any atom is -0.497 e. The molecular formula is C20H26N2O2. The summed E-state index contributed by atoms with van der Waals surface area (Å²) < 4.78 is 5.35. The van der Waals surface area contributed by atoms with Gasteiger partial charge in [-0.05, 0) is 61.1 Å². The van der Waals surface area contributed by atoms with Crippen molar-refractivity contribution in [2.45, 2.75) is 25.0 Å². The highest BCUT2D eigenvalue weighted by Crippen LogP contribution is 2.42. The van der Waals surface area contributed by atoms with E-state index in [9.17, 15) is 5.11 Å². The number of rotatable bonds is 4. The molecule has 1 aromatic heterocycles. The molecule has 3 aliphatic rings. The Morgan fingerprint density at radius 2 is 2.33 bits per heavy atom. The van der Waals surface area contributed by atoms with Gasteiger partial charge in [0.05, 0.1) is 18.7 Å². The van der Waals surface area contributed by atoms with Crippen LogP contribution in [0.4, 0.5) is 0 Å². The molecule has 5 rings (SSSR count). The zero-order valence-corrected chi connectivity index (χ0v) is 14.1. The average Bonchev–Trinajstić information content (AvgIpc) is 2.66. The standard InChI is InChI=1S/C20H24N2O2.H2/c1-3-13-12-22-9-7-14(13)10-19(22)20(23)16-6-8-21-18-5-4-15(24-2)11-17(16)18;/h3-6,8,11,13-14,19-20,23H,1,7,9-10,12H2,2H3;1H/t13-,14?,19-,20?;/m1./s1. The Morgan fingerprint density at radius 1 is 1.46 bits per heavy atom. The second-order valence-corrected chi connectivity index (χ2v) is 6.97. The highest BCUT2D eigenvalue weighted by Gasteiger charge is 2.42. The fraction of sp³-hybridized carbons (Fsp3) is 0.450. The number of aromatic nitrogens is 1. The number of fused-ring (bicyclic) bond motifs is 4. The molecule has 0 saturated carbocycles. The maximum absolute atomic E-state index is 11.2. The van der Waals surface area contributed by atoms with Crippen molar-refractivity contribution < 1.29 is 11.3 Å². The van der Waals surface area contributed by atoms with E-state index >= 15 is 0 Å². The predicted octanol–water partition coefficient (Wildman–Crippen LogP) is 3.42. The molecule has 3 aliphatic heterocycles. The minimum atomic E-state index is -0.504. The number of hydrogen-bond donors (Lipinski definition) is 1. The normalized spacial score (nSPS) is 30.2. The molecule has 4 nitrogen and oxygen atoms in total. The van der Waals surface area contributed by atoms with E-state index in [0.29, 0.717) is 11.8 Å². The summed E-state index contributed by atoms with van der Waals surface area (Å²) in [7, 11) is 1.66. The number of benzene rings is 1. The van der Waals surface area contributed by atoms with E-state index in [0.717, 1.165) is 41.7 Å². The van der Waals surface area contributed by atoms with Gasteiger partial charge in [-0.25, -0.2) is 0 Å². The SMILES string of the molecule is C=C[C@@H]1CN2CCC1C[C@@H]2C(O)c1ccnc2ccc(OC)cc12.[HH]. The maximum atomic E-state index is 11.2. The van der Waals surface area contributed by atoms with Crippen molar-refractivity contribution in [2.75, 3.05) is 20.2 Å². The van der Waals surface area contributed by atoms with Crippen LogP contribution in [-0.4, -0.2) is 41.2 Å². The Morgan fingerprint density at radius 3 is 3.04 bits per heavy atom. The molecule has 3 fully saturated rings. The van der Waals surface area contributed by atoms with E-state index in [1.807, 2.05) is 24.3 Å². The fourth-order valence-corrected chi connectivity index (χ4v) is 4.44. The summed E-state index contributed by atoms with van der Waals surface area (Å²) in [6, 6.07) is 7.96. The summed E-state index contributed by atoms with van der Waals surface area (Å²) in [5.41, 5.74) is 1.85. The zero-order valence-electron chi connectivity index (χ0n) is 14.1. The molecular weight excluding hydrogens is 300 g/mol. The Balaban J connectivity index is 0.00000182. The van der Waals surface area contributed by atoms with E-state index in [2.05, 4.69) is 22.5 Å². The Hall–Kier alpha value is -1.91. The van der Waals surface area contributed by atoms with Crippen LogP contribution >= 0.6 is 0 Å². The molecule has 1 N–H and O–H groups in total. The molecule has 0 radical (unpaired) electrons. The third-order valence-electron chi connectivity index (χ3n) is 5.82. The van der Waals surface area contributed by atoms with Crippen LogP contribution in [0, 0.1) is 11.8 Å². The number of aliphatic hydroxyl groups is 1. The summed E-state index contributed by atoms with van der Waals surface area (Å²) in [5.74, 6) is 2.01. The van der Waals surface area contributed by atoms with Crippen molar-refractivity contribution >= 4 is 10.9 Å². The number of pyridine rings is 1. The van der Waals surface area contributed by atoms with Gasteiger partial charge in [-0.15, -0.1) is 6.58 Å². The minimum absolute atomic E-state index is 0. The summed E-state index contributed by atoms with van der Waals surface area (Å²) in [5, 5.41) is 12.1. The number of aliphatic hydroxyl groups excluding tert-OH is 1. The van der Waals surface area contributed by atoms with Crippen molar-refractivity contribution in [3.8, 4) is 5.75 Å². The molecule has 3 unspecified atom stereocenters. The van der Waals surface area contributed by atoms with E-state index in [4.69, 9.17) is 4.74 Å².